The molecule has 3 aliphatic rings. The summed E-state index contributed by atoms with van der Waals surface area (Å²) in [6.07, 6.45) is 6.01. The average Bonchev–Trinajstić information content (AvgIpc) is 0.871. The summed E-state index contributed by atoms with van der Waals surface area (Å²) in [5.74, 6) is -8.28. The molecule has 5 unspecified atom stereocenters. The van der Waals surface area contributed by atoms with E-state index in [-0.39, 0.29) is 119 Å². The van der Waals surface area contributed by atoms with Gasteiger partial charge in [0.2, 0.25) is 29.5 Å². The zero-order valence-electron chi connectivity index (χ0n) is 58.4. The van der Waals surface area contributed by atoms with Crippen LogP contribution in [0.25, 0.3) is 0 Å². The number of Topliss-reactive ketones (excluding diaryl/α,β-unsaturated/α-hetero) is 2. The molecule has 5 rings (SSSR count). The summed E-state index contributed by atoms with van der Waals surface area (Å²) in [5, 5.41) is 87.8. The van der Waals surface area contributed by atoms with Gasteiger partial charge in [-0.15, -0.1) is 0 Å². The third-order valence-corrected chi connectivity index (χ3v) is 17.6. The number of amides is 7. The number of carboxylic acid groups (broad SMARTS) is 4. The topological polar surface area (TPSA) is 462 Å². The van der Waals surface area contributed by atoms with E-state index in [9.17, 15) is 72.9 Å². The number of hydrogen-bond acceptors (Lipinski definition) is 19. The van der Waals surface area contributed by atoms with Crippen LogP contribution in [-0.4, -0.2) is 217 Å². The smallest absolute Gasteiger partial charge is 0.326 e. The van der Waals surface area contributed by atoms with Crippen molar-refractivity contribution in [2.75, 3.05) is 85.1 Å². The van der Waals surface area contributed by atoms with Gasteiger partial charge >= 0.3 is 29.9 Å². The van der Waals surface area contributed by atoms with Crippen LogP contribution in [0.15, 0.2) is 73.0 Å². The molecule has 3 fully saturated rings. The zero-order valence-corrected chi connectivity index (χ0v) is 58.4. The Morgan fingerprint density at radius 1 is 0.406 bits per heavy atom. The number of hydrogen-bond donors (Lipinski definition) is 18. The molecule has 3 heterocycles. The lowest BCUT2D eigenvalue weighted by molar-refractivity contribution is -0.143. The monoisotopic (exact) mass is 1420 g/mol. The van der Waals surface area contributed by atoms with E-state index in [0.29, 0.717) is 136 Å². The van der Waals surface area contributed by atoms with Gasteiger partial charge in [-0.05, 0) is 88.2 Å². The van der Waals surface area contributed by atoms with Crippen molar-refractivity contribution < 1.29 is 83.1 Å². The van der Waals surface area contributed by atoms with Crippen molar-refractivity contribution in [1.82, 2.24) is 69.1 Å². The van der Waals surface area contributed by atoms with Crippen LogP contribution >= 0.6 is 0 Å². The van der Waals surface area contributed by atoms with Crippen molar-refractivity contribution in [1.29, 1.82) is 0 Å². The number of aliphatic carboxylic acids is 4. The second kappa shape index (κ2) is 48.4. The van der Waals surface area contributed by atoms with Gasteiger partial charge in [-0.2, -0.15) is 0 Å². The minimum absolute atomic E-state index is 0.00697. The van der Waals surface area contributed by atoms with Gasteiger partial charge in [0, 0.05) is 149 Å². The van der Waals surface area contributed by atoms with Gasteiger partial charge in [0.05, 0.1) is 23.2 Å². The number of carbonyl (C=O) groups is 12. The van der Waals surface area contributed by atoms with E-state index in [1.807, 2.05) is 48.5 Å². The van der Waals surface area contributed by atoms with Crippen LogP contribution in [0.5, 0.6) is 0 Å². The third kappa shape index (κ3) is 37.2. The van der Waals surface area contributed by atoms with E-state index >= 15 is 0 Å². The fraction of sp³-hybridized carbons (Fsp3) is 0.634. The fourth-order valence-corrected chi connectivity index (χ4v) is 12.0. The molecule has 0 radical (unpaired) electrons. The first kappa shape index (κ1) is 85.0. The highest BCUT2D eigenvalue weighted by atomic mass is 16.4. The molecule has 562 valence electrons. The van der Waals surface area contributed by atoms with Gasteiger partial charge in [-0.25, -0.2) is 14.4 Å². The van der Waals surface area contributed by atoms with Crippen LogP contribution in [-0.2, 0) is 65.6 Å². The summed E-state index contributed by atoms with van der Waals surface area (Å²) in [6.45, 7) is 9.52. The van der Waals surface area contributed by atoms with Crippen LogP contribution in [0.1, 0.15) is 159 Å². The minimum atomic E-state index is -1.43. The van der Waals surface area contributed by atoms with Crippen molar-refractivity contribution in [3.8, 4) is 0 Å². The molecule has 0 aliphatic carbocycles. The van der Waals surface area contributed by atoms with E-state index < -0.39 is 95.1 Å². The SMILES string of the molecule is C=C(O)C(CCCCCC(=O)CCCCCCC(=O)NCCCCC(NC(=O)C(CC(=O)C(Cc1ccccc1)NC(=O)CCCC(=O)NC12CNCCNCC(NC(=O)CCCC(=O)O)(CNCCNC1)CNCCNC2)Cc1ccccc1)C(=O)O)NC(=O)NC(CCC(=O)O)C(=O)O. The first-order chi connectivity index (χ1) is 48.5. The Balaban J connectivity index is 1.22. The number of ketones is 2. The van der Waals surface area contributed by atoms with Gasteiger partial charge < -0.3 is 94.7 Å². The maximum absolute atomic E-state index is 14.5. The highest BCUT2D eigenvalue weighted by Crippen LogP contribution is 2.19. The number of urea groups is 1. The summed E-state index contributed by atoms with van der Waals surface area (Å²) >= 11 is 0. The molecular formula is C71H111N13O17. The molecule has 30 heteroatoms. The number of benzene rings is 2. The second-order valence-corrected chi connectivity index (χ2v) is 26.5. The Labute approximate surface area is 591 Å². The lowest BCUT2D eigenvalue weighted by atomic mass is 9.89. The molecule has 3 saturated heterocycles. The lowest BCUT2D eigenvalue weighted by Crippen LogP contribution is -2.68. The Hall–Kier alpha value is -8.42. The first-order valence-corrected chi connectivity index (χ1v) is 35.6. The standard InChI is InChI=1S/C71H111N13O17/c1-50(85)55(81-69(101)82-57(68(99)100)32-33-65(94)95)25-13-6-12-24-54(86)23-11-2-3-14-27-60(88)78-34-16-15-26-56(67(97)98)80-66(96)53(41-51-19-7-4-8-20-51)43-59(87)58(42-52-21-9-5-10-22-52)79-61(89)28-17-29-62(90)83-70-44-72-35-38-75-47-71(48-76-39-36-73-45-70,49-77-40-37-74-46-70)84-63(91)30-18-31-64(92)93/h4-5,7-10,19-22,53,55-58,72-77,85H,1-3,6,11-18,23-49H2,(H,78,88)(H,79,89)(H,80,96)(H,83,90)(H,84,91)(H,92,93)(H,94,95)(H,97,98)(H,99,100)(H2,81,82,101). The number of nitrogens with one attached hydrogen (secondary N) is 13. The summed E-state index contributed by atoms with van der Waals surface area (Å²) < 4.78 is 0. The van der Waals surface area contributed by atoms with Gasteiger partial charge in [0.25, 0.3) is 0 Å². The molecule has 3 aliphatic heterocycles. The van der Waals surface area contributed by atoms with Gasteiger partial charge in [-0.3, -0.25) is 43.2 Å². The highest BCUT2D eigenvalue weighted by molar-refractivity contribution is 5.94. The molecule has 2 aromatic rings. The van der Waals surface area contributed by atoms with Crippen LogP contribution in [0.2, 0.25) is 0 Å². The van der Waals surface area contributed by atoms with Crippen LogP contribution in [0.3, 0.4) is 0 Å². The largest absolute Gasteiger partial charge is 0.511 e. The van der Waals surface area contributed by atoms with E-state index in [1.165, 1.54) is 0 Å². The molecule has 101 heavy (non-hydrogen) atoms. The maximum atomic E-state index is 14.5. The van der Waals surface area contributed by atoms with Crippen LogP contribution in [0, 0.1) is 5.92 Å². The summed E-state index contributed by atoms with van der Waals surface area (Å²) in [4.78, 5) is 153. The van der Waals surface area contributed by atoms with E-state index in [4.69, 9.17) is 10.2 Å². The number of carbonyl (C=O) groups excluding carboxylic acids is 8. The Kier molecular flexibility index (Phi) is 40.7. The third-order valence-electron chi connectivity index (χ3n) is 17.6. The summed E-state index contributed by atoms with van der Waals surface area (Å²) in [7, 11) is 0. The molecule has 2 bridgehead atoms. The molecule has 0 aromatic heterocycles. The van der Waals surface area contributed by atoms with Crippen LogP contribution < -0.4 is 69.1 Å². The predicted octanol–water partition coefficient (Wildman–Crippen LogP) is 2.01. The number of aliphatic hydroxyl groups excluding tert-OH is 1. The van der Waals surface area contributed by atoms with Crippen molar-refractivity contribution in [3.63, 3.8) is 0 Å². The molecule has 5 atom stereocenters. The predicted molar refractivity (Wildman–Crippen MR) is 377 cm³/mol. The van der Waals surface area contributed by atoms with Crippen molar-refractivity contribution in [3.05, 3.63) is 84.1 Å². The molecular weight excluding hydrogens is 1310 g/mol. The van der Waals surface area contributed by atoms with Crippen LogP contribution in [0.4, 0.5) is 4.79 Å². The molecule has 0 saturated carbocycles. The lowest BCUT2D eigenvalue weighted by Gasteiger charge is -2.39. The van der Waals surface area contributed by atoms with Gasteiger partial charge in [-0.1, -0.05) is 92.9 Å². The average molecular weight is 1420 g/mol. The Bertz CT molecular complexity index is 2900. The second-order valence-electron chi connectivity index (χ2n) is 26.5. The van der Waals surface area contributed by atoms with Gasteiger partial charge in [0.1, 0.15) is 23.6 Å². The van der Waals surface area contributed by atoms with Crippen molar-refractivity contribution >= 4 is 71.0 Å². The Morgan fingerprint density at radius 2 is 0.822 bits per heavy atom. The normalized spacial score (nSPS) is 18.2. The van der Waals surface area contributed by atoms with E-state index in [1.54, 1.807) is 12.1 Å². The minimum Gasteiger partial charge on any atom is -0.511 e. The number of aliphatic hydroxyl groups is 1. The first-order valence-electron chi connectivity index (χ1n) is 35.6. The zero-order chi connectivity index (χ0) is 73.7. The molecule has 30 nitrogen and oxygen atoms in total. The molecule has 18 N–H and O–H groups in total. The molecule has 7 amide bonds. The quantitative estimate of drug-likeness (QED) is 0.0333. The molecule has 2 aromatic carbocycles. The van der Waals surface area contributed by atoms with Gasteiger partial charge in [0.15, 0.2) is 5.78 Å². The molecule has 0 spiro atoms. The Morgan fingerprint density at radius 3 is 1.31 bits per heavy atom. The number of carboxylic acids is 4. The van der Waals surface area contributed by atoms with Crippen molar-refractivity contribution in [2.45, 2.75) is 196 Å². The van der Waals surface area contributed by atoms with E-state index in [0.717, 1.165) is 24.0 Å². The maximum Gasteiger partial charge on any atom is 0.326 e. The fourth-order valence-electron chi connectivity index (χ4n) is 12.0. The number of unbranched alkanes of at least 4 members (excludes halogenated alkanes) is 6. The summed E-state index contributed by atoms with van der Waals surface area (Å²) in [6, 6.07) is 12.5. The van der Waals surface area contributed by atoms with E-state index in [2.05, 4.69) is 75.7 Å². The summed E-state index contributed by atoms with van der Waals surface area (Å²) in [5.41, 5.74) is 0.0260. The number of rotatable bonds is 46. The number of fused-ring (bicyclic) bond motifs is 15. The highest BCUT2D eigenvalue weighted by Gasteiger charge is 2.36. The van der Waals surface area contributed by atoms with Crippen molar-refractivity contribution in [2.24, 2.45) is 5.92 Å².